The number of amides is 1. The van der Waals surface area contributed by atoms with Gasteiger partial charge in [0, 0.05) is 5.69 Å². The number of hydrogen-bond acceptors (Lipinski definition) is 6. The van der Waals surface area contributed by atoms with E-state index < -0.39 is 23.5 Å². The Kier molecular flexibility index (Phi) is 6.87. The minimum atomic E-state index is -0.942. The van der Waals surface area contributed by atoms with Gasteiger partial charge < -0.3 is 19.7 Å². The van der Waals surface area contributed by atoms with Gasteiger partial charge in [-0.3, -0.25) is 14.5 Å². The number of hydrogen-bond donors (Lipinski definition) is 2. The van der Waals surface area contributed by atoms with Gasteiger partial charge in [0.2, 0.25) is 0 Å². The summed E-state index contributed by atoms with van der Waals surface area (Å²) in [5, 5.41) is 20.9. The van der Waals surface area contributed by atoms with Crippen molar-refractivity contribution in [2.45, 2.75) is 13.0 Å². The molecule has 1 aliphatic heterocycles. The predicted octanol–water partition coefficient (Wildman–Crippen LogP) is 4.98. The van der Waals surface area contributed by atoms with E-state index in [9.17, 15) is 19.8 Å². The summed E-state index contributed by atoms with van der Waals surface area (Å²) in [7, 11) is 1.41. The first-order valence-electron chi connectivity index (χ1n) is 11.1. The van der Waals surface area contributed by atoms with Gasteiger partial charge in [-0.1, -0.05) is 42.5 Å². The fourth-order valence-corrected chi connectivity index (χ4v) is 4.00. The van der Waals surface area contributed by atoms with E-state index in [-0.39, 0.29) is 17.1 Å². The lowest BCUT2D eigenvalue weighted by molar-refractivity contribution is -0.117. The van der Waals surface area contributed by atoms with Crippen LogP contribution in [0.4, 0.5) is 5.69 Å². The zero-order valence-electron chi connectivity index (χ0n) is 19.3. The molecule has 4 rings (SSSR count). The highest BCUT2D eigenvalue weighted by Gasteiger charge is 2.44. The summed E-state index contributed by atoms with van der Waals surface area (Å²) < 4.78 is 10.7. The summed E-state index contributed by atoms with van der Waals surface area (Å²) in [6, 6.07) is 19.7. The van der Waals surface area contributed by atoms with Gasteiger partial charge >= 0.3 is 0 Å². The average Bonchev–Trinajstić information content (AvgIpc) is 3.14. The minimum absolute atomic E-state index is 0.0659. The summed E-state index contributed by atoms with van der Waals surface area (Å²) in [5.74, 6) is -1.12. The van der Waals surface area contributed by atoms with Gasteiger partial charge in [-0.05, 0) is 60.5 Å². The highest BCUT2D eigenvalue weighted by molar-refractivity contribution is 6.19. The van der Waals surface area contributed by atoms with E-state index in [1.807, 2.05) is 37.3 Å². The molecule has 1 heterocycles. The third-order valence-electron chi connectivity index (χ3n) is 5.65. The lowest BCUT2D eigenvalue weighted by Crippen LogP contribution is -2.30. The molecule has 0 fully saturated rings. The molecule has 1 unspecified atom stereocenters. The maximum absolute atomic E-state index is 13.3. The van der Waals surface area contributed by atoms with Crippen LogP contribution in [0.5, 0.6) is 17.2 Å². The van der Waals surface area contributed by atoms with Crippen LogP contribution in [-0.2, 0) is 9.59 Å². The Bertz CT molecular complexity index is 1290. The van der Waals surface area contributed by atoms with E-state index in [0.29, 0.717) is 23.6 Å². The number of nitrogens with zero attached hydrogens (tertiary/aromatic N) is 1. The van der Waals surface area contributed by atoms with Crippen molar-refractivity contribution in [2.75, 3.05) is 18.6 Å². The number of carbonyl (C=O) groups is 2. The third-order valence-corrected chi connectivity index (χ3v) is 5.65. The van der Waals surface area contributed by atoms with Crippen LogP contribution in [0.3, 0.4) is 0 Å². The first-order chi connectivity index (χ1) is 16.9. The van der Waals surface area contributed by atoms with Gasteiger partial charge in [-0.25, -0.2) is 0 Å². The Hall–Kier alpha value is -4.52. The molecule has 3 aromatic carbocycles. The molecule has 7 nitrogen and oxygen atoms in total. The second-order valence-electron chi connectivity index (χ2n) is 7.81. The molecule has 7 heteroatoms. The van der Waals surface area contributed by atoms with Crippen molar-refractivity contribution in [3.8, 4) is 17.2 Å². The van der Waals surface area contributed by atoms with Gasteiger partial charge in [-0.2, -0.15) is 0 Å². The number of aromatic hydroxyl groups is 1. The van der Waals surface area contributed by atoms with Gasteiger partial charge in [-0.15, -0.1) is 0 Å². The maximum Gasteiger partial charge on any atom is 0.294 e. The van der Waals surface area contributed by atoms with Crippen LogP contribution in [0, 0.1) is 0 Å². The molecule has 0 bridgehead atoms. The first-order valence-corrected chi connectivity index (χ1v) is 11.1. The van der Waals surface area contributed by atoms with Crippen molar-refractivity contribution in [3.05, 3.63) is 101 Å². The van der Waals surface area contributed by atoms with Gasteiger partial charge in [0.05, 0.1) is 25.3 Å². The number of ether oxygens (including phenoxy) is 2. The molecule has 0 aliphatic carbocycles. The maximum atomic E-state index is 13.3. The largest absolute Gasteiger partial charge is 0.504 e. The lowest BCUT2D eigenvalue weighted by atomic mass is 9.95. The van der Waals surface area contributed by atoms with Crippen molar-refractivity contribution in [2.24, 2.45) is 0 Å². The van der Waals surface area contributed by atoms with E-state index in [1.54, 1.807) is 42.5 Å². The molecule has 2 N–H and O–H groups in total. The molecule has 0 saturated carbocycles. The first kappa shape index (κ1) is 23.6. The quantitative estimate of drug-likeness (QED) is 0.450. The highest BCUT2D eigenvalue weighted by Crippen LogP contribution is 2.43. The van der Waals surface area contributed by atoms with Crippen LogP contribution in [0.1, 0.15) is 24.1 Å². The van der Waals surface area contributed by atoms with E-state index >= 15 is 0 Å². The van der Waals surface area contributed by atoms with E-state index in [2.05, 4.69) is 0 Å². The zero-order chi connectivity index (χ0) is 24.9. The minimum Gasteiger partial charge on any atom is -0.504 e. The van der Waals surface area contributed by atoms with Crippen molar-refractivity contribution in [1.29, 1.82) is 0 Å². The van der Waals surface area contributed by atoms with Crippen LogP contribution in [0.15, 0.2) is 90.2 Å². The summed E-state index contributed by atoms with van der Waals surface area (Å²) in [4.78, 5) is 27.9. The van der Waals surface area contributed by atoms with Crippen molar-refractivity contribution in [1.82, 2.24) is 0 Å². The second-order valence-corrected chi connectivity index (χ2v) is 7.81. The van der Waals surface area contributed by atoms with Crippen molar-refractivity contribution < 1.29 is 29.3 Å². The van der Waals surface area contributed by atoms with E-state index in [0.717, 1.165) is 5.56 Å². The van der Waals surface area contributed by atoms with Crippen molar-refractivity contribution >= 4 is 23.5 Å². The molecule has 0 saturated heterocycles. The SMILES string of the molecule is CCOc1ccc(N2C(=O)C(O)=C(C(=O)C=Cc3ccccc3)C2c2ccc(O)c(OC)c2)cc1. The number of phenolic OH excluding ortho intramolecular Hbond substituents is 1. The Balaban J connectivity index is 1.79. The number of phenols is 1. The molecule has 1 atom stereocenters. The number of benzene rings is 3. The monoisotopic (exact) mass is 471 g/mol. The van der Waals surface area contributed by atoms with E-state index in [1.165, 1.54) is 24.2 Å². The van der Waals surface area contributed by atoms with E-state index in [4.69, 9.17) is 9.47 Å². The molecule has 0 aromatic heterocycles. The van der Waals surface area contributed by atoms with Gasteiger partial charge in [0.25, 0.3) is 5.91 Å². The molecule has 0 radical (unpaired) electrons. The van der Waals surface area contributed by atoms with Crippen LogP contribution in [-0.4, -0.2) is 35.6 Å². The Morgan fingerprint density at radius 2 is 1.74 bits per heavy atom. The molecule has 3 aromatic rings. The molecule has 1 aliphatic rings. The van der Waals surface area contributed by atoms with Crippen LogP contribution in [0.25, 0.3) is 6.08 Å². The van der Waals surface area contributed by atoms with Gasteiger partial charge in [0.1, 0.15) is 5.75 Å². The Labute approximate surface area is 203 Å². The normalized spacial score (nSPS) is 15.7. The highest BCUT2D eigenvalue weighted by atomic mass is 16.5. The summed E-state index contributed by atoms with van der Waals surface area (Å²) >= 11 is 0. The third kappa shape index (κ3) is 4.75. The number of allylic oxidation sites excluding steroid dienone is 1. The standard InChI is InChI=1S/C28H25NO6/c1-3-35-21-13-11-20(12-14-21)29-26(19-10-16-22(30)24(17-19)34-2)25(27(32)28(29)33)23(31)15-9-18-7-5-4-6-8-18/h4-17,26,30,32H,3H2,1-2H3. The molecule has 178 valence electrons. The number of methoxy groups -OCH3 is 1. The fraction of sp³-hybridized carbons (Fsp3) is 0.143. The summed E-state index contributed by atoms with van der Waals surface area (Å²) in [5.41, 5.74) is 1.69. The molecular weight excluding hydrogens is 446 g/mol. The molecule has 35 heavy (non-hydrogen) atoms. The number of anilines is 1. The van der Waals surface area contributed by atoms with Crippen LogP contribution >= 0.6 is 0 Å². The topological polar surface area (TPSA) is 96.3 Å². The van der Waals surface area contributed by atoms with Crippen molar-refractivity contribution in [3.63, 3.8) is 0 Å². The van der Waals surface area contributed by atoms with Crippen LogP contribution < -0.4 is 14.4 Å². The zero-order valence-corrected chi connectivity index (χ0v) is 19.3. The number of aliphatic hydroxyl groups excluding tert-OH is 1. The molecule has 0 spiro atoms. The number of rotatable bonds is 8. The number of ketones is 1. The fourth-order valence-electron chi connectivity index (χ4n) is 4.00. The summed E-state index contributed by atoms with van der Waals surface area (Å²) in [6.07, 6.45) is 2.96. The second kappa shape index (κ2) is 10.2. The number of aliphatic hydroxyl groups is 1. The summed E-state index contributed by atoms with van der Waals surface area (Å²) in [6.45, 7) is 2.36. The smallest absolute Gasteiger partial charge is 0.294 e. The molecular formula is C28H25NO6. The lowest BCUT2D eigenvalue weighted by Gasteiger charge is -2.27. The Morgan fingerprint density at radius 1 is 1.03 bits per heavy atom. The van der Waals surface area contributed by atoms with Crippen LogP contribution in [0.2, 0.25) is 0 Å². The number of carbonyl (C=O) groups excluding carboxylic acids is 2. The Morgan fingerprint density at radius 3 is 2.40 bits per heavy atom. The average molecular weight is 472 g/mol. The van der Waals surface area contributed by atoms with Gasteiger partial charge in [0.15, 0.2) is 23.0 Å². The molecule has 1 amide bonds. The predicted molar refractivity (Wildman–Crippen MR) is 133 cm³/mol.